The van der Waals surface area contributed by atoms with Crippen LogP contribution in [0.25, 0.3) is 0 Å². The van der Waals surface area contributed by atoms with Gasteiger partial charge in [-0.2, -0.15) is 11.8 Å². The van der Waals surface area contributed by atoms with Crippen LogP contribution in [0.3, 0.4) is 0 Å². The predicted octanol–water partition coefficient (Wildman–Crippen LogP) is 3.72. The van der Waals surface area contributed by atoms with Crippen LogP contribution in [0.2, 0.25) is 0 Å². The summed E-state index contributed by atoms with van der Waals surface area (Å²) in [7, 11) is 0. The lowest BCUT2D eigenvalue weighted by Gasteiger charge is -2.27. The summed E-state index contributed by atoms with van der Waals surface area (Å²) in [6, 6.07) is 2.15. The highest BCUT2D eigenvalue weighted by molar-refractivity contribution is 7.98. The highest BCUT2D eigenvalue weighted by atomic mass is 32.2. The summed E-state index contributed by atoms with van der Waals surface area (Å²) >= 11 is 5.30. The molecule has 2 aromatic rings. The molecule has 0 aromatic carbocycles. The third-order valence-corrected chi connectivity index (χ3v) is 6.38. The molecule has 21 heavy (non-hydrogen) atoms. The number of carbonyl (C=O) groups excluding carboxylic acids is 1. The lowest BCUT2D eigenvalue weighted by Crippen LogP contribution is -2.35. The van der Waals surface area contributed by atoms with Crippen LogP contribution in [0, 0.1) is 6.92 Å². The molecule has 0 fully saturated rings. The van der Waals surface area contributed by atoms with Crippen molar-refractivity contribution >= 4 is 40.3 Å². The molecule has 0 unspecified atom stereocenters. The van der Waals surface area contributed by atoms with E-state index in [1.165, 1.54) is 10.4 Å². The van der Waals surface area contributed by atoms with Crippen molar-refractivity contribution in [3.05, 3.63) is 38.0 Å². The van der Waals surface area contributed by atoms with E-state index < -0.39 is 0 Å². The smallest absolute Gasteiger partial charge is 0.223 e. The number of thiazole rings is 1. The maximum Gasteiger partial charge on any atom is 0.223 e. The van der Waals surface area contributed by atoms with E-state index in [-0.39, 0.29) is 5.91 Å². The first-order valence-corrected chi connectivity index (χ1v) is 9.95. The normalized spacial score (nSPS) is 14.2. The average Bonchev–Trinajstić information content (AvgIpc) is 3.11. The Kier molecular flexibility index (Phi) is 4.98. The van der Waals surface area contributed by atoms with Crippen molar-refractivity contribution in [2.75, 3.05) is 12.3 Å². The number of rotatable bonds is 5. The molecule has 0 aliphatic carbocycles. The van der Waals surface area contributed by atoms with Crippen LogP contribution in [0.5, 0.6) is 0 Å². The molecule has 1 aliphatic heterocycles. The van der Waals surface area contributed by atoms with Gasteiger partial charge in [0.15, 0.2) is 0 Å². The molecule has 0 N–H and O–H groups in total. The molecule has 0 bridgehead atoms. The lowest BCUT2D eigenvalue weighted by molar-refractivity contribution is -0.131. The molecule has 3 rings (SSSR count). The Labute approximate surface area is 137 Å². The summed E-state index contributed by atoms with van der Waals surface area (Å²) in [5.41, 5.74) is 2.47. The number of hydrogen-bond acceptors (Lipinski definition) is 5. The molecular weight excluding hydrogens is 320 g/mol. The largest absolute Gasteiger partial charge is 0.338 e. The maximum absolute atomic E-state index is 12.2. The number of thioether (sulfide) groups is 1. The second-order valence-electron chi connectivity index (χ2n) is 5.09. The van der Waals surface area contributed by atoms with Crippen LogP contribution in [0.4, 0.5) is 0 Å². The number of amides is 1. The minimum absolute atomic E-state index is 0.286. The van der Waals surface area contributed by atoms with Crippen molar-refractivity contribution in [1.29, 1.82) is 0 Å². The Morgan fingerprint density at radius 1 is 1.48 bits per heavy atom. The van der Waals surface area contributed by atoms with E-state index in [1.54, 1.807) is 23.1 Å². The van der Waals surface area contributed by atoms with Gasteiger partial charge in [0.1, 0.15) is 0 Å². The Morgan fingerprint density at radius 2 is 2.38 bits per heavy atom. The van der Waals surface area contributed by atoms with Crippen LogP contribution in [-0.4, -0.2) is 28.1 Å². The van der Waals surface area contributed by atoms with Gasteiger partial charge in [0.05, 0.1) is 10.7 Å². The fourth-order valence-corrected chi connectivity index (χ4v) is 4.86. The third-order valence-electron chi connectivity index (χ3n) is 3.54. The SMILES string of the molecule is Cc1nc(CSCCC(=O)N2CCc3sccc3C2)cs1. The van der Waals surface area contributed by atoms with E-state index in [2.05, 4.69) is 21.8 Å². The number of aryl methyl sites for hydroxylation is 1. The quantitative estimate of drug-likeness (QED) is 0.779. The molecule has 0 saturated heterocycles. The highest BCUT2D eigenvalue weighted by Gasteiger charge is 2.20. The first-order chi connectivity index (χ1) is 10.2. The zero-order valence-corrected chi connectivity index (χ0v) is 14.5. The maximum atomic E-state index is 12.2. The summed E-state index contributed by atoms with van der Waals surface area (Å²) in [6.45, 7) is 3.70. The van der Waals surface area contributed by atoms with Gasteiger partial charge in [-0.1, -0.05) is 0 Å². The van der Waals surface area contributed by atoms with E-state index >= 15 is 0 Å². The van der Waals surface area contributed by atoms with Crippen molar-refractivity contribution in [3.8, 4) is 0 Å². The van der Waals surface area contributed by atoms with Crippen LogP contribution < -0.4 is 0 Å². The van der Waals surface area contributed by atoms with Crippen LogP contribution in [-0.2, 0) is 23.5 Å². The lowest BCUT2D eigenvalue weighted by atomic mass is 10.1. The number of thiophene rings is 1. The van der Waals surface area contributed by atoms with Crippen molar-refractivity contribution in [1.82, 2.24) is 9.88 Å². The van der Waals surface area contributed by atoms with Crippen molar-refractivity contribution in [3.63, 3.8) is 0 Å². The Balaban J connectivity index is 1.41. The zero-order valence-electron chi connectivity index (χ0n) is 12.0. The Bertz CT molecular complexity index is 620. The van der Waals surface area contributed by atoms with Crippen LogP contribution >= 0.6 is 34.4 Å². The van der Waals surface area contributed by atoms with E-state index in [0.29, 0.717) is 6.42 Å². The first kappa shape index (κ1) is 15.1. The molecule has 3 heterocycles. The van der Waals surface area contributed by atoms with Gasteiger partial charge < -0.3 is 4.90 Å². The van der Waals surface area contributed by atoms with Crippen molar-refractivity contribution < 1.29 is 4.79 Å². The van der Waals surface area contributed by atoms with Gasteiger partial charge in [0.25, 0.3) is 0 Å². The zero-order chi connectivity index (χ0) is 14.7. The van der Waals surface area contributed by atoms with Gasteiger partial charge in [-0.3, -0.25) is 4.79 Å². The summed E-state index contributed by atoms with van der Waals surface area (Å²) in [6.07, 6.45) is 1.65. The van der Waals surface area contributed by atoms with Gasteiger partial charge in [0.2, 0.25) is 5.91 Å². The second-order valence-corrected chi connectivity index (χ2v) is 8.26. The molecule has 0 saturated carbocycles. The Morgan fingerprint density at radius 3 is 3.19 bits per heavy atom. The number of aromatic nitrogens is 1. The summed E-state index contributed by atoms with van der Waals surface area (Å²) in [5, 5.41) is 5.35. The molecule has 2 aromatic heterocycles. The third kappa shape index (κ3) is 3.87. The minimum Gasteiger partial charge on any atom is -0.338 e. The molecule has 1 aliphatic rings. The molecular formula is C15H18N2OS3. The van der Waals surface area contributed by atoms with Crippen molar-refractivity contribution in [2.24, 2.45) is 0 Å². The van der Waals surface area contributed by atoms with E-state index in [1.807, 2.05) is 23.2 Å². The van der Waals surface area contributed by atoms with Crippen LogP contribution in [0.1, 0.15) is 27.6 Å². The number of hydrogen-bond donors (Lipinski definition) is 0. The summed E-state index contributed by atoms with van der Waals surface area (Å²) in [4.78, 5) is 20.1. The van der Waals surface area contributed by atoms with Gasteiger partial charge in [-0.25, -0.2) is 4.98 Å². The molecule has 1 amide bonds. The predicted molar refractivity (Wildman–Crippen MR) is 91.1 cm³/mol. The highest BCUT2D eigenvalue weighted by Crippen LogP contribution is 2.24. The monoisotopic (exact) mass is 338 g/mol. The van der Waals surface area contributed by atoms with Gasteiger partial charge in [-0.15, -0.1) is 22.7 Å². The first-order valence-electron chi connectivity index (χ1n) is 7.04. The molecule has 0 radical (unpaired) electrons. The van der Waals surface area contributed by atoms with Gasteiger partial charge in [0, 0.05) is 41.3 Å². The number of carbonyl (C=O) groups is 1. The summed E-state index contributed by atoms with van der Waals surface area (Å²) in [5.74, 6) is 2.07. The van der Waals surface area contributed by atoms with E-state index in [9.17, 15) is 4.79 Å². The van der Waals surface area contributed by atoms with Crippen LogP contribution in [0.15, 0.2) is 16.8 Å². The molecule has 0 spiro atoms. The molecule has 3 nitrogen and oxygen atoms in total. The fraction of sp³-hybridized carbons (Fsp3) is 0.467. The molecule has 6 heteroatoms. The van der Waals surface area contributed by atoms with Gasteiger partial charge >= 0.3 is 0 Å². The fourth-order valence-electron chi connectivity index (χ4n) is 2.43. The Hall–Kier alpha value is -0.850. The summed E-state index contributed by atoms with van der Waals surface area (Å²) < 4.78 is 0. The molecule has 0 atom stereocenters. The number of fused-ring (bicyclic) bond motifs is 1. The van der Waals surface area contributed by atoms with E-state index in [4.69, 9.17) is 0 Å². The average molecular weight is 339 g/mol. The number of nitrogens with zero attached hydrogens (tertiary/aromatic N) is 2. The van der Waals surface area contributed by atoms with Gasteiger partial charge in [-0.05, 0) is 30.4 Å². The standard InChI is InChI=1S/C15H18N2OS3/c1-11-16-13(10-21-11)9-19-6-4-15(18)17-5-2-14-12(8-17)3-7-20-14/h3,7,10H,2,4-6,8-9H2,1H3. The van der Waals surface area contributed by atoms with Crippen molar-refractivity contribution in [2.45, 2.75) is 32.1 Å². The second kappa shape index (κ2) is 6.94. The van der Waals surface area contributed by atoms with E-state index in [0.717, 1.165) is 41.7 Å². The topological polar surface area (TPSA) is 33.2 Å². The minimum atomic E-state index is 0.286. The molecule has 112 valence electrons.